The molecule has 0 nitrogen and oxygen atoms in total. The van der Waals surface area contributed by atoms with E-state index in [0.717, 1.165) is 10.6 Å². The summed E-state index contributed by atoms with van der Waals surface area (Å²) in [4.78, 5) is 0.175. The van der Waals surface area contributed by atoms with Gasteiger partial charge >= 0.3 is 0 Å². The zero-order chi connectivity index (χ0) is 15.9. The van der Waals surface area contributed by atoms with Crippen LogP contribution in [-0.4, -0.2) is 0 Å². The molecular weight excluding hydrogens is 344 g/mol. The van der Waals surface area contributed by atoms with Crippen LogP contribution in [0.15, 0.2) is 18.2 Å². The Hall–Kier alpha value is -0.790. The van der Waals surface area contributed by atoms with E-state index in [0.29, 0.717) is 0 Å². The van der Waals surface area contributed by atoms with Gasteiger partial charge < -0.3 is 0 Å². The molecular formula is C19H22BrCl. The highest BCUT2D eigenvalue weighted by Crippen LogP contribution is 2.40. The molecule has 2 aromatic rings. The van der Waals surface area contributed by atoms with Gasteiger partial charge in [-0.05, 0) is 92.1 Å². The Kier molecular flexibility index (Phi) is 4.85. The molecule has 0 aliphatic rings. The molecule has 0 saturated carbocycles. The first kappa shape index (κ1) is 16.6. The lowest BCUT2D eigenvalue weighted by atomic mass is 9.86. The SMILES string of the molecule is Cc1c(Cl)cccc1C(Br)c1c(C)c(C)c(C)c(C)c1C. The summed E-state index contributed by atoms with van der Waals surface area (Å²) in [6, 6.07) is 6.13. The molecule has 0 aliphatic carbocycles. The van der Waals surface area contributed by atoms with E-state index in [1.54, 1.807) is 0 Å². The fraction of sp³-hybridized carbons (Fsp3) is 0.368. The van der Waals surface area contributed by atoms with Gasteiger partial charge in [-0.15, -0.1) is 0 Å². The number of hydrogen-bond acceptors (Lipinski definition) is 0. The van der Waals surface area contributed by atoms with Crippen molar-refractivity contribution in [2.45, 2.75) is 46.4 Å². The van der Waals surface area contributed by atoms with Gasteiger partial charge in [0, 0.05) is 5.02 Å². The monoisotopic (exact) mass is 364 g/mol. The molecule has 0 spiro atoms. The Morgan fingerprint density at radius 2 is 1.24 bits per heavy atom. The zero-order valence-electron chi connectivity index (χ0n) is 13.6. The van der Waals surface area contributed by atoms with E-state index in [4.69, 9.17) is 11.6 Å². The first-order valence-electron chi connectivity index (χ1n) is 7.23. The second-order valence-corrected chi connectivity index (χ2v) is 7.18. The zero-order valence-corrected chi connectivity index (χ0v) is 15.9. The largest absolute Gasteiger partial charge is 0.0840 e. The van der Waals surface area contributed by atoms with Crippen molar-refractivity contribution in [3.05, 3.63) is 67.7 Å². The second-order valence-electron chi connectivity index (χ2n) is 5.86. The van der Waals surface area contributed by atoms with Gasteiger partial charge in [0.1, 0.15) is 0 Å². The van der Waals surface area contributed by atoms with Crippen LogP contribution in [-0.2, 0) is 0 Å². The van der Waals surface area contributed by atoms with E-state index >= 15 is 0 Å². The average molecular weight is 366 g/mol. The summed E-state index contributed by atoms with van der Waals surface area (Å²) in [7, 11) is 0. The molecule has 2 rings (SSSR count). The van der Waals surface area contributed by atoms with Crippen molar-refractivity contribution in [2.24, 2.45) is 0 Å². The molecule has 0 aliphatic heterocycles. The lowest BCUT2D eigenvalue weighted by molar-refractivity contribution is 1.05. The van der Waals surface area contributed by atoms with E-state index in [9.17, 15) is 0 Å². The summed E-state index contributed by atoms with van der Waals surface area (Å²) in [5.41, 5.74) is 10.7. The maximum atomic E-state index is 6.29. The summed E-state index contributed by atoms with van der Waals surface area (Å²) in [5.74, 6) is 0. The third-order valence-corrected chi connectivity index (χ3v) is 6.25. The summed E-state index contributed by atoms with van der Waals surface area (Å²) < 4.78 is 0. The Balaban J connectivity index is 2.70. The minimum atomic E-state index is 0.175. The predicted molar refractivity (Wildman–Crippen MR) is 97.1 cm³/mol. The van der Waals surface area contributed by atoms with Crippen molar-refractivity contribution in [1.82, 2.24) is 0 Å². The van der Waals surface area contributed by atoms with Gasteiger partial charge in [0.2, 0.25) is 0 Å². The minimum Gasteiger partial charge on any atom is -0.0840 e. The van der Waals surface area contributed by atoms with Crippen LogP contribution in [0.1, 0.15) is 49.3 Å². The van der Waals surface area contributed by atoms with Crippen LogP contribution in [0.4, 0.5) is 0 Å². The van der Waals surface area contributed by atoms with Gasteiger partial charge in [-0.2, -0.15) is 0 Å². The molecule has 1 unspecified atom stereocenters. The smallest absolute Gasteiger partial charge is 0.0652 e. The van der Waals surface area contributed by atoms with Crippen LogP contribution in [0.5, 0.6) is 0 Å². The highest BCUT2D eigenvalue weighted by Gasteiger charge is 2.21. The van der Waals surface area contributed by atoms with Crippen LogP contribution in [0.3, 0.4) is 0 Å². The molecule has 0 heterocycles. The molecule has 0 fully saturated rings. The van der Waals surface area contributed by atoms with E-state index in [-0.39, 0.29) is 4.83 Å². The van der Waals surface area contributed by atoms with Gasteiger partial charge in [-0.25, -0.2) is 0 Å². The number of rotatable bonds is 2. The average Bonchev–Trinajstić information content (AvgIpc) is 2.46. The Morgan fingerprint density at radius 3 is 1.76 bits per heavy atom. The second kappa shape index (κ2) is 6.14. The number of benzene rings is 2. The molecule has 2 aromatic carbocycles. The Morgan fingerprint density at radius 1 is 0.762 bits per heavy atom. The lowest BCUT2D eigenvalue weighted by Crippen LogP contribution is -2.06. The van der Waals surface area contributed by atoms with E-state index in [1.165, 1.54) is 38.9 Å². The van der Waals surface area contributed by atoms with Crippen molar-refractivity contribution < 1.29 is 0 Å². The summed E-state index contributed by atoms with van der Waals surface area (Å²) in [6.07, 6.45) is 0. The van der Waals surface area contributed by atoms with Crippen LogP contribution < -0.4 is 0 Å². The number of hydrogen-bond donors (Lipinski definition) is 0. The maximum absolute atomic E-state index is 6.29. The van der Waals surface area contributed by atoms with Crippen molar-refractivity contribution in [2.75, 3.05) is 0 Å². The maximum Gasteiger partial charge on any atom is 0.0652 e. The van der Waals surface area contributed by atoms with Crippen molar-refractivity contribution in [1.29, 1.82) is 0 Å². The highest BCUT2D eigenvalue weighted by molar-refractivity contribution is 9.09. The third-order valence-electron chi connectivity index (χ3n) is 4.89. The first-order valence-corrected chi connectivity index (χ1v) is 8.52. The van der Waals surface area contributed by atoms with E-state index < -0.39 is 0 Å². The fourth-order valence-electron chi connectivity index (χ4n) is 2.96. The Bertz CT molecular complexity index is 672. The van der Waals surface area contributed by atoms with Gasteiger partial charge in [-0.1, -0.05) is 39.7 Å². The molecule has 0 radical (unpaired) electrons. The normalized spacial score (nSPS) is 12.6. The molecule has 0 saturated heterocycles. The Labute approximate surface area is 141 Å². The topological polar surface area (TPSA) is 0 Å². The van der Waals surface area contributed by atoms with Crippen LogP contribution >= 0.6 is 27.5 Å². The first-order chi connectivity index (χ1) is 9.77. The molecule has 112 valence electrons. The van der Waals surface area contributed by atoms with Gasteiger partial charge in [-0.3, -0.25) is 0 Å². The van der Waals surface area contributed by atoms with Crippen LogP contribution in [0.2, 0.25) is 5.02 Å². The summed E-state index contributed by atoms with van der Waals surface area (Å²) in [5, 5.41) is 0.827. The third kappa shape index (κ3) is 2.78. The van der Waals surface area contributed by atoms with Gasteiger partial charge in [0.25, 0.3) is 0 Å². The van der Waals surface area contributed by atoms with E-state index in [1.807, 2.05) is 12.1 Å². The minimum absolute atomic E-state index is 0.175. The van der Waals surface area contributed by atoms with Crippen LogP contribution in [0.25, 0.3) is 0 Å². The van der Waals surface area contributed by atoms with E-state index in [2.05, 4.69) is 63.5 Å². The van der Waals surface area contributed by atoms with Gasteiger partial charge in [0.15, 0.2) is 0 Å². The fourth-order valence-corrected chi connectivity index (χ4v) is 4.33. The summed E-state index contributed by atoms with van der Waals surface area (Å²) in [6.45, 7) is 13.2. The van der Waals surface area contributed by atoms with Crippen molar-refractivity contribution in [3.8, 4) is 0 Å². The van der Waals surface area contributed by atoms with Crippen molar-refractivity contribution >= 4 is 27.5 Å². The highest BCUT2D eigenvalue weighted by atomic mass is 79.9. The standard InChI is InChI=1S/C19H22BrCl/c1-10-11(2)13(4)18(14(5)12(10)3)19(20)16-8-7-9-17(21)15(16)6/h7-9,19H,1-6H3. The molecule has 0 N–H and O–H groups in total. The van der Waals surface area contributed by atoms with Gasteiger partial charge in [0.05, 0.1) is 4.83 Å². The quantitative estimate of drug-likeness (QED) is 0.521. The lowest BCUT2D eigenvalue weighted by Gasteiger charge is -2.23. The number of alkyl halides is 1. The van der Waals surface area contributed by atoms with Crippen molar-refractivity contribution in [3.63, 3.8) is 0 Å². The molecule has 21 heavy (non-hydrogen) atoms. The molecule has 2 heteroatoms. The summed E-state index contributed by atoms with van der Waals surface area (Å²) >= 11 is 10.2. The number of halogens is 2. The van der Waals surface area contributed by atoms with Crippen LogP contribution in [0, 0.1) is 41.5 Å². The predicted octanol–water partition coefficient (Wildman–Crippen LogP) is 6.67. The molecule has 1 atom stereocenters. The molecule has 0 amide bonds. The molecule has 0 bridgehead atoms. The molecule has 0 aromatic heterocycles.